The van der Waals surface area contributed by atoms with Crippen molar-refractivity contribution >= 4 is 0 Å². The fourth-order valence-corrected chi connectivity index (χ4v) is 5.88. The van der Waals surface area contributed by atoms with Gasteiger partial charge in [0.25, 0.3) is 0 Å². The molecule has 0 amide bonds. The molecule has 8 heteroatoms. The van der Waals surface area contributed by atoms with Gasteiger partial charge in [0.2, 0.25) is 0 Å². The monoisotopic (exact) mass is 580 g/mol. The van der Waals surface area contributed by atoms with Crippen molar-refractivity contribution in [2.24, 2.45) is 0 Å². The van der Waals surface area contributed by atoms with Gasteiger partial charge in [-0.15, -0.1) is 0 Å². The molecule has 1 heterocycles. The first-order valence-corrected chi connectivity index (χ1v) is 14.0. The van der Waals surface area contributed by atoms with Crippen LogP contribution in [0.5, 0.6) is 0 Å². The Morgan fingerprint density at radius 1 is 0.929 bits per heavy atom. The van der Waals surface area contributed by atoms with Crippen molar-refractivity contribution < 1.29 is 27.1 Å². The summed E-state index contributed by atoms with van der Waals surface area (Å²) >= 11 is 0. The molecule has 5 rings (SSSR count). The van der Waals surface area contributed by atoms with Gasteiger partial charge in [0, 0.05) is 17.7 Å². The van der Waals surface area contributed by atoms with E-state index in [1.807, 2.05) is 51.2 Å². The molecular weight excluding hydrogens is 547 g/mol. The number of hydrogen-bond acceptors (Lipinski definition) is 3. The van der Waals surface area contributed by atoms with Crippen LogP contribution >= 0.6 is 0 Å². The summed E-state index contributed by atoms with van der Waals surface area (Å²) < 4.78 is 70.4. The number of halogens is 5. The molecule has 0 spiro atoms. The Balaban J connectivity index is 1.72. The van der Waals surface area contributed by atoms with Crippen LogP contribution in [0.2, 0.25) is 0 Å². The van der Waals surface area contributed by atoms with Gasteiger partial charge >= 0.3 is 6.18 Å². The zero-order valence-electron chi connectivity index (χ0n) is 23.7. The standard InChI is InChI=1S/C34H33F5N2O/c1-20(2)32-30(31(36)23-9-13-24(14-10-23)34(37,38)39)28(22-11-15-25(35)16-12-22)29-27(42)18-17-26(33(29)40-32)41(3)19-21-7-5-4-6-8-21/h4-16,20,26-27,31,42H,17-19H2,1-3H3. The van der Waals surface area contributed by atoms with Crippen LogP contribution in [-0.2, 0) is 12.7 Å². The van der Waals surface area contributed by atoms with E-state index in [1.165, 1.54) is 12.1 Å². The Labute approximate surface area is 242 Å². The lowest BCUT2D eigenvalue weighted by Crippen LogP contribution is -2.31. The summed E-state index contributed by atoms with van der Waals surface area (Å²) in [5, 5.41) is 11.4. The van der Waals surface area contributed by atoms with Gasteiger partial charge in [0.1, 0.15) is 5.82 Å². The van der Waals surface area contributed by atoms with Gasteiger partial charge in [-0.1, -0.05) is 68.4 Å². The second-order valence-electron chi connectivity index (χ2n) is 11.2. The summed E-state index contributed by atoms with van der Waals surface area (Å²) in [7, 11) is 1.99. The van der Waals surface area contributed by atoms with E-state index in [0.717, 1.165) is 29.8 Å². The zero-order chi connectivity index (χ0) is 30.2. The Morgan fingerprint density at radius 2 is 1.57 bits per heavy atom. The summed E-state index contributed by atoms with van der Waals surface area (Å²) in [5.41, 5.74) is 2.95. The molecule has 0 radical (unpaired) electrons. The largest absolute Gasteiger partial charge is 0.416 e. The summed E-state index contributed by atoms with van der Waals surface area (Å²) in [4.78, 5) is 7.18. The highest BCUT2D eigenvalue weighted by atomic mass is 19.4. The van der Waals surface area contributed by atoms with Crippen LogP contribution in [0, 0.1) is 5.82 Å². The normalized spacial score (nSPS) is 17.9. The smallest absolute Gasteiger partial charge is 0.388 e. The molecule has 42 heavy (non-hydrogen) atoms. The first-order valence-electron chi connectivity index (χ1n) is 14.0. The highest BCUT2D eigenvalue weighted by Crippen LogP contribution is 2.49. The maximum absolute atomic E-state index is 16.7. The van der Waals surface area contributed by atoms with Gasteiger partial charge in [-0.2, -0.15) is 13.2 Å². The highest BCUT2D eigenvalue weighted by Gasteiger charge is 2.38. The van der Waals surface area contributed by atoms with Crippen molar-refractivity contribution in [1.29, 1.82) is 0 Å². The van der Waals surface area contributed by atoms with E-state index in [4.69, 9.17) is 4.98 Å². The van der Waals surface area contributed by atoms with Gasteiger partial charge in [-0.05, 0) is 72.3 Å². The molecule has 0 saturated carbocycles. The predicted octanol–water partition coefficient (Wildman–Crippen LogP) is 9.09. The van der Waals surface area contributed by atoms with Crippen molar-refractivity contribution in [2.45, 2.75) is 63.6 Å². The lowest BCUT2D eigenvalue weighted by Gasteiger charge is -2.37. The lowest BCUT2D eigenvalue weighted by molar-refractivity contribution is -0.137. The highest BCUT2D eigenvalue weighted by molar-refractivity contribution is 5.75. The van der Waals surface area contributed by atoms with Gasteiger partial charge < -0.3 is 5.11 Å². The average Bonchev–Trinajstić information content (AvgIpc) is 2.96. The lowest BCUT2D eigenvalue weighted by atomic mass is 9.78. The third kappa shape index (κ3) is 5.96. The predicted molar refractivity (Wildman–Crippen MR) is 153 cm³/mol. The van der Waals surface area contributed by atoms with Crippen LogP contribution < -0.4 is 0 Å². The third-order valence-electron chi connectivity index (χ3n) is 7.96. The van der Waals surface area contributed by atoms with Crippen molar-refractivity contribution in [3.05, 3.63) is 124 Å². The van der Waals surface area contributed by atoms with Crippen LogP contribution in [0.1, 0.15) is 90.1 Å². The Kier molecular flexibility index (Phi) is 8.49. The Morgan fingerprint density at radius 3 is 2.17 bits per heavy atom. The molecule has 3 aromatic carbocycles. The van der Waals surface area contributed by atoms with E-state index in [0.29, 0.717) is 47.5 Å². The second kappa shape index (κ2) is 11.9. The number of aliphatic hydroxyl groups excluding tert-OH is 1. The van der Waals surface area contributed by atoms with Crippen molar-refractivity contribution in [3.8, 4) is 11.1 Å². The number of alkyl halides is 4. The topological polar surface area (TPSA) is 36.4 Å². The van der Waals surface area contributed by atoms with E-state index >= 15 is 4.39 Å². The molecule has 0 aliphatic heterocycles. The minimum Gasteiger partial charge on any atom is -0.388 e. The minimum atomic E-state index is -4.55. The van der Waals surface area contributed by atoms with Crippen LogP contribution in [0.3, 0.4) is 0 Å². The van der Waals surface area contributed by atoms with Crippen LogP contribution in [0.15, 0.2) is 78.9 Å². The fraction of sp³-hybridized carbons (Fsp3) is 0.324. The van der Waals surface area contributed by atoms with Gasteiger partial charge in [-0.25, -0.2) is 8.78 Å². The summed E-state index contributed by atoms with van der Waals surface area (Å²) in [6, 6.07) is 19.4. The van der Waals surface area contributed by atoms with E-state index in [1.54, 1.807) is 12.1 Å². The van der Waals surface area contributed by atoms with Crippen molar-refractivity contribution in [1.82, 2.24) is 9.88 Å². The van der Waals surface area contributed by atoms with Gasteiger partial charge in [-0.3, -0.25) is 9.88 Å². The number of rotatable bonds is 7. The van der Waals surface area contributed by atoms with Crippen LogP contribution in [-0.4, -0.2) is 22.0 Å². The number of aliphatic hydroxyl groups is 1. The Bertz CT molecular complexity index is 1520. The van der Waals surface area contributed by atoms with Gasteiger partial charge in [0.15, 0.2) is 6.17 Å². The maximum atomic E-state index is 16.7. The molecule has 1 aliphatic carbocycles. The number of benzene rings is 3. The van der Waals surface area contributed by atoms with Crippen molar-refractivity contribution in [2.75, 3.05) is 7.05 Å². The molecule has 3 unspecified atom stereocenters. The molecule has 1 aromatic heterocycles. The molecule has 0 saturated heterocycles. The molecule has 3 atom stereocenters. The number of fused-ring (bicyclic) bond motifs is 1. The molecule has 1 aliphatic rings. The Hall–Kier alpha value is -3.62. The number of aromatic nitrogens is 1. The van der Waals surface area contributed by atoms with Crippen LogP contribution in [0.4, 0.5) is 22.0 Å². The van der Waals surface area contributed by atoms with E-state index in [-0.39, 0.29) is 23.1 Å². The van der Waals surface area contributed by atoms with E-state index in [9.17, 15) is 22.7 Å². The molecule has 220 valence electrons. The summed E-state index contributed by atoms with van der Waals surface area (Å²) in [6.45, 7) is 4.40. The first-order chi connectivity index (χ1) is 20.0. The third-order valence-corrected chi connectivity index (χ3v) is 7.96. The van der Waals surface area contributed by atoms with E-state index < -0.39 is 29.8 Å². The molecule has 3 nitrogen and oxygen atoms in total. The second-order valence-corrected chi connectivity index (χ2v) is 11.2. The minimum absolute atomic E-state index is 0.0399. The summed E-state index contributed by atoms with van der Waals surface area (Å²) in [5.74, 6) is -0.718. The van der Waals surface area contributed by atoms with Crippen LogP contribution in [0.25, 0.3) is 11.1 Å². The maximum Gasteiger partial charge on any atom is 0.416 e. The molecule has 1 N–H and O–H groups in total. The number of nitrogens with zero attached hydrogens (tertiary/aromatic N) is 2. The average molecular weight is 581 g/mol. The van der Waals surface area contributed by atoms with E-state index in [2.05, 4.69) is 4.90 Å². The molecular formula is C34H33F5N2O. The first kappa shape index (κ1) is 29.9. The van der Waals surface area contributed by atoms with Gasteiger partial charge in [0.05, 0.1) is 29.1 Å². The zero-order valence-corrected chi connectivity index (χ0v) is 23.7. The molecule has 0 bridgehead atoms. The molecule has 4 aromatic rings. The fourth-order valence-electron chi connectivity index (χ4n) is 5.88. The van der Waals surface area contributed by atoms with Crippen molar-refractivity contribution in [3.63, 3.8) is 0 Å². The summed E-state index contributed by atoms with van der Waals surface area (Å²) in [6.07, 6.45) is -6.30. The molecule has 0 fully saturated rings. The number of pyridine rings is 1. The number of hydrogen-bond donors (Lipinski definition) is 1. The SMILES string of the molecule is CC(C)c1nc2c(c(-c3ccc(F)cc3)c1C(F)c1ccc(C(F)(F)F)cc1)C(O)CCC2N(C)Cc1ccccc1. The quantitative estimate of drug-likeness (QED) is 0.222.